The van der Waals surface area contributed by atoms with E-state index in [-0.39, 0.29) is 11.8 Å². The maximum atomic E-state index is 12.6. The highest BCUT2D eigenvalue weighted by Gasteiger charge is 2.20. The van der Waals surface area contributed by atoms with E-state index in [1.165, 1.54) is 16.9 Å². The number of aryl methyl sites for hydroxylation is 2. The van der Waals surface area contributed by atoms with Gasteiger partial charge in [0.2, 0.25) is 0 Å². The molecule has 0 unspecified atom stereocenters. The van der Waals surface area contributed by atoms with Crippen LogP contribution in [0, 0.1) is 6.92 Å². The lowest BCUT2D eigenvalue weighted by molar-refractivity contribution is 0.0961. The first-order chi connectivity index (χ1) is 11.1. The zero-order chi connectivity index (χ0) is 16.4. The number of carbonyl (C=O) groups is 2. The molecule has 2 aromatic rings. The number of rotatable bonds is 3. The molecule has 5 heteroatoms. The Morgan fingerprint density at radius 2 is 1.91 bits per heavy atom. The van der Waals surface area contributed by atoms with Gasteiger partial charge < -0.3 is 10.6 Å². The number of amides is 2. The molecule has 23 heavy (non-hydrogen) atoms. The average Bonchev–Trinajstić information content (AvgIpc) is 3.00. The van der Waals surface area contributed by atoms with Crippen LogP contribution in [-0.2, 0) is 12.8 Å². The fraction of sp³-hybridized carbons (Fsp3) is 0.333. The van der Waals surface area contributed by atoms with E-state index in [0.717, 1.165) is 30.4 Å². The highest BCUT2D eigenvalue weighted by Crippen LogP contribution is 2.31. The molecule has 0 saturated heterocycles. The summed E-state index contributed by atoms with van der Waals surface area (Å²) in [4.78, 5) is 25.8. The van der Waals surface area contributed by atoms with Crippen molar-refractivity contribution in [2.24, 2.45) is 0 Å². The molecule has 0 spiro atoms. The van der Waals surface area contributed by atoms with Crippen LogP contribution in [0.1, 0.15) is 49.6 Å². The van der Waals surface area contributed by atoms with Crippen LogP contribution >= 0.6 is 11.3 Å². The van der Waals surface area contributed by atoms with Crippen molar-refractivity contribution < 1.29 is 9.59 Å². The predicted octanol–water partition coefficient (Wildman–Crippen LogP) is 3.55. The van der Waals surface area contributed by atoms with Crippen molar-refractivity contribution in [1.82, 2.24) is 5.32 Å². The second-order valence-electron chi connectivity index (χ2n) is 5.82. The zero-order valence-electron chi connectivity index (χ0n) is 13.4. The number of carbonyl (C=O) groups excluding carboxylic acids is 2. The summed E-state index contributed by atoms with van der Waals surface area (Å²) in [7, 11) is 1.60. The first-order valence-corrected chi connectivity index (χ1v) is 8.71. The lowest BCUT2D eigenvalue weighted by Gasteiger charge is -2.14. The van der Waals surface area contributed by atoms with Crippen LogP contribution in [0.2, 0.25) is 0 Å². The van der Waals surface area contributed by atoms with E-state index < -0.39 is 0 Å². The Balaban J connectivity index is 1.85. The summed E-state index contributed by atoms with van der Waals surface area (Å²) in [6, 6.07) is 5.34. The van der Waals surface area contributed by atoms with Gasteiger partial charge in [0.15, 0.2) is 0 Å². The first-order valence-electron chi connectivity index (χ1n) is 7.83. The van der Waals surface area contributed by atoms with Crippen LogP contribution in [-0.4, -0.2) is 18.9 Å². The number of hydrogen-bond acceptors (Lipinski definition) is 3. The second kappa shape index (κ2) is 6.54. The monoisotopic (exact) mass is 328 g/mol. The molecule has 0 bridgehead atoms. The Kier molecular flexibility index (Phi) is 4.48. The molecule has 0 atom stereocenters. The van der Waals surface area contributed by atoms with Crippen molar-refractivity contribution in [1.29, 1.82) is 0 Å². The summed E-state index contributed by atoms with van der Waals surface area (Å²) in [6.07, 6.45) is 4.42. The Hall–Kier alpha value is -2.14. The molecule has 0 fully saturated rings. The minimum absolute atomic E-state index is 0.0819. The minimum Gasteiger partial charge on any atom is -0.355 e. The van der Waals surface area contributed by atoms with Crippen LogP contribution < -0.4 is 10.6 Å². The number of hydrogen-bond donors (Lipinski definition) is 2. The summed E-state index contributed by atoms with van der Waals surface area (Å²) >= 11 is 1.68. The van der Waals surface area contributed by atoms with Gasteiger partial charge in [0.1, 0.15) is 0 Å². The van der Waals surface area contributed by atoms with Gasteiger partial charge in [-0.3, -0.25) is 9.59 Å². The van der Waals surface area contributed by atoms with Crippen LogP contribution in [0.15, 0.2) is 23.6 Å². The van der Waals surface area contributed by atoms with Gasteiger partial charge in [0, 0.05) is 28.6 Å². The maximum Gasteiger partial charge on any atom is 0.256 e. The molecule has 2 N–H and O–H groups in total. The molecule has 120 valence electrons. The summed E-state index contributed by atoms with van der Waals surface area (Å²) in [6.45, 7) is 1.92. The molecular weight excluding hydrogens is 308 g/mol. The van der Waals surface area contributed by atoms with E-state index >= 15 is 0 Å². The molecule has 0 radical (unpaired) electrons. The smallest absolute Gasteiger partial charge is 0.256 e. The third-order valence-electron chi connectivity index (χ3n) is 4.28. The Labute approximate surface area is 139 Å². The number of benzene rings is 1. The van der Waals surface area contributed by atoms with Crippen molar-refractivity contribution >= 4 is 28.8 Å². The molecule has 0 saturated carbocycles. The van der Waals surface area contributed by atoms with Crippen molar-refractivity contribution in [2.75, 3.05) is 12.4 Å². The highest BCUT2D eigenvalue weighted by molar-refractivity contribution is 7.10. The molecule has 1 aliphatic carbocycles. The number of anilines is 1. The number of thiophene rings is 1. The lowest BCUT2D eigenvalue weighted by atomic mass is 9.95. The molecule has 3 rings (SSSR count). The molecule has 1 aliphatic rings. The van der Waals surface area contributed by atoms with E-state index in [1.807, 2.05) is 18.4 Å². The Morgan fingerprint density at radius 1 is 1.13 bits per heavy atom. The quantitative estimate of drug-likeness (QED) is 0.905. The first kappa shape index (κ1) is 15.7. The van der Waals surface area contributed by atoms with E-state index in [1.54, 1.807) is 30.5 Å². The van der Waals surface area contributed by atoms with Gasteiger partial charge in [0.05, 0.1) is 5.56 Å². The van der Waals surface area contributed by atoms with Gasteiger partial charge in [-0.2, -0.15) is 0 Å². The van der Waals surface area contributed by atoms with Gasteiger partial charge in [-0.05, 0) is 55.9 Å². The number of nitrogens with one attached hydrogen (secondary N) is 2. The summed E-state index contributed by atoms with van der Waals surface area (Å²) < 4.78 is 0. The minimum atomic E-state index is -0.159. The standard InChI is InChI=1S/C18H20N2O2S/c1-11-7-8-12(17(21)19-2)9-15(11)20-18(22)14-10-23-16-6-4-3-5-13(14)16/h7-10H,3-6H2,1-2H3,(H,19,21)(H,20,22). The van der Waals surface area contributed by atoms with Crippen LogP contribution in [0.3, 0.4) is 0 Å². The molecular formula is C18H20N2O2S. The van der Waals surface area contributed by atoms with Gasteiger partial charge in [-0.15, -0.1) is 11.3 Å². The molecule has 1 heterocycles. The zero-order valence-corrected chi connectivity index (χ0v) is 14.2. The summed E-state index contributed by atoms with van der Waals surface area (Å²) in [5, 5.41) is 7.53. The molecule has 1 aromatic carbocycles. The third-order valence-corrected chi connectivity index (χ3v) is 5.37. The van der Waals surface area contributed by atoms with Gasteiger partial charge in [0.25, 0.3) is 11.8 Å². The van der Waals surface area contributed by atoms with E-state index in [2.05, 4.69) is 10.6 Å². The second-order valence-corrected chi connectivity index (χ2v) is 6.79. The van der Waals surface area contributed by atoms with Crippen molar-refractivity contribution in [3.05, 3.63) is 50.7 Å². The van der Waals surface area contributed by atoms with Crippen molar-refractivity contribution in [3.63, 3.8) is 0 Å². The van der Waals surface area contributed by atoms with E-state index in [9.17, 15) is 9.59 Å². The van der Waals surface area contributed by atoms with Crippen LogP contribution in [0.25, 0.3) is 0 Å². The summed E-state index contributed by atoms with van der Waals surface area (Å²) in [5.41, 5.74) is 4.16. The average molecular weight is 328 g/mol. The van der Waals surface area contributed by atoms with Crippen LogP contribution in [0.4, 0.5) is 5.69 Å². The molecule has 1 aromatic heterocycles. The van der Waals surface area contributed by atoms with E-state index in [0.29, 0.717) is 11.3 Å². The van der Waals surface area contributed by atoms with Crippen molar-refractivity contribution in [2.45, 2.75) is 32.6 Å². The predicted molar refractivity (Wildman–Crippen MR) is 93.5 cm³/mol. The van der Waals surface area contributed by atoms with Crippen LogP contribution in [0.5, 0.6) is 0 Å². The normalized spacial score (nSPS) is 13.3. The number of fused-ring (bicyclic) bond motifs is 1. The largest absolute Gasteiger partial charge is 0.355 e. The lowest BCUT2D eigenvalue weighted by Crippen LogP contribution is -2.19. The molecule has 4 nitrogen and oxygen atoms in total. The van der Waals surface area contributed by atoms with Gasteiger partial charge in [-0.25, -0.2) is 0 Å². The Bertz CT molecular complexity index is 764. The molecule has 0 aliphatic heterocycles. The van der Waals surface area contributed by atoms with E-state index in [4.69, 9.17) is 0 Å². The topological polar surface area (TPSA) is 58.2 Å². The summed E-state index contributed by atoms with van der Waals surface area (Å²) in [5.74, 6) is -0.241. The van der Waals surface area contributed by atoms with Gasteiger partial charge >= 0.3 is 0 Å². The maximum absolute atomic E-state index is 12.6. The van der Waals surface area contributed by atoms with Crippen molar-refractivity contribution in [3.8, 4) is 0 Å². The Morgan fingerprint density at radius 3 is 2.70 bits per heavy atom. The SMILES string of the molecule is CNC(=O)c1ccc(C)c(NC(=O)c2csc3c2CCCC3)c1. The third kappa shape index (κ3) is 3.15. The highest BCUT2D eigenvalue weighted by atomic mass is 32.1. The molecule has 2 amide bonds. The fourth-order valence-electron chi connectivity index (χ4n) is 2.92. The van der Waals surface area contributed by atoms with Gasteiger partial charge in [-0.1, -0.05) is 6.07 Å². The fourth-order valence-corrected chi connectivity index (χ4v) is 4.04.